The summed E-state index contributed by atoms with van der Waals surface area (Å²) < 4.78 is 5.33. The molecule has 0 radical (unpaired) electrons. The van der Waals surface area contributed by atoms with Crippen LogP contribution < -0.4 is 4.90 Å². The lowest BCUT2D eigenvalue weighted by atomic mass is 9.97. The van der Waals surface area contributed by atoms with Crippen molar-refractivity contribution in [3.63, 3.8) is 0 Å². The number of benzene rings is 3. The summed E-state index contributed by atoms with van der Waals surface area (Å²) >= 11 is 0. The van der Waals surface area contributed by atoms with Gasteiger partial charge in [-0.2, -0.15) is 0 Å². The molecule has 6 rings (SSSR count). The van der Waals surface area contributed by atoms with Gasteiger partial charge in [0.25, 0.3) is 0 Å². The van der Waals surface area contributed by atoms with Gasteiger partial charge < -0.3 is 24.1 Å². The van der Waals surface area contributed by atoms with Crippen molar-refractivity contribution < 1.29 is 14.1 Å². The number of amides is 2. The van der Waals surface area contributed by atoms with Crippen LogP contribution in [0.1, 0.15) is 39.3 Å². The van der Waals surface area contributed by atoms with Gasteiger partial charge in [0, 0.05) is 69.6 Å². The maximum Gasteiger partial charge on any atom is 0.247 e. The van der Waals surface area contributed by atoms with Gasteiger partial charge in [-0.3, -0.25) is 9.59 Å². The lowest BCUT2D eigenvalue weighted by Crippen LogP contribution is -2.52. The molecule has 1 saturated heterocycles. The van der Waals surface area contributed by atoms with Crippen LogP contribution in [0.25, 0.3) is 6.08 Å². The highest BCUT2D eigenvalue weighted by molar-refractivity contribution is 5.96. The van der Waals surface area contributed by atoms with E-state index >= 15 is 0 Å². The second-order valence-electron chi connectivity index (χ2n) is 12.5. The molecule has 4 aromatic rings. The van der Waals surface area contributed by atoms with Gasteiger partial charge >= 0.3 is 0 Å². The molecule has 0 spiro atoms. The van der Waals surface area contributed by atoms with Crippen LogP contribution in [0.15, 0.2) is 89.5 Å². The van der Waals surface area contributed by atoms with E-state index in [0.717, 1.165) is 60.5 Å². The molecule has 2 aliphatic rings. The number of hydrogen-bond acceptors (Lipinski definition) is 6. The van der Waals surface area contributed by atoms with Crippen molar-refractivity contribution in [2.75, 3.05) is 44.7 Å². The number of hydrogen-bond donors (Lipinski definition) is 0. The number of piperazine rings is 1. The molecular formula is C38H43N5O3. The minimum atomic E-state index is -0.688. The maximum absolute atomic E-state index is 14.5. The fraction of sp³-hybridized carbons (Fsp3) is 0.342. The number of nitrogens with zero attached hydrogens (tertiary/aromatic N) is 5. The predicted octanol–water partition coefficient (Wildman–Crippen LogP) is 5.28. The molecular weight excluding hydrogens is 574 g/mol. The van der Waals surface area contributed by atoms with Crippen molar-refractivity contribution in [1.82, 2.24) is 19.9 Å². The molecule has 2 amide bonds. The SMILES string of the molecule is Cc1noc(C)c1/C=C/C(=O)N(Cc1ccc(N2CCN(C)CC2)cc1)[C@@H](Cc1ccccc1)C(=O)N1CCc2ccccc2C1. The third-order valence-corrected chi connectivity index (χ3v) is 9.30. The Labute approximate surface area is 271 Å². The Kier molecular flexibility index (Phi) is 9.64. The van der Waals surface area contributed by atoms with Crippen LogP contribution in [0.3, 0.4) is 0 Å². The van der Waals surface area contributed by atoms with Crippen molar-refractivity contribution >= 4 is 23.6 Å². The Morgan fingerprint density at radius 3 is 2.26 bits per heavy atom. The number of fused-ring (bicyclic) bond motifs is 1. The summed E-state index contributed by atoms with van der Waals surface area (Å²) in [6, 6.07) is 26.1. The van der Waals surface area contributed by atoms with E-state index < -0.39 is 6.04 Å². The summed E-state index contributed by atoms with van der Waals surface area (Å²) in [7, 11) is 2.15. The van der Waals surface area contributed by atoms with Gasteiger partial charge in [-0.05, 0) is 67.8 Å². The summed E-state index contributed by atoms with van der Waals surface area (Å²) in [6.07, 6.45) is 4.53. The summed E-state index contributed by atoms with van der Waals surface area (Å²) in [5.74, 6) is 0.387. The number of aryl methyl sites for hydroxylation is 2. The van der Waals surface area contributed by atoms with E-state index in [-0.39, 0.29) is 11.8 Å². The smallest absolute Gasteiger partial charge is 0.247 e. The molecule has 0 N–H and O–H groups in total. The second kappa shape index (κ2) is 14.2. The number of aromatic nitrogens is 1. The topological polar surface area (TPSA) is 73.1 Å². The highest BCUT2D eigenvalue weighted by Gasteiger charge is 2.34. The van der Waals surface area contributed by atoms with Gasteiger partial charge in [0.1, 0.15) is 11.8 Å². The van der Waals surface area contributed by atoms with Crippen molar-refractivity contribution in [2.45, 2.75) is 45.8 Å². The van der Waals surface area contributed by atoms with Crippen molar-refractivity contribution in [3.05, 3.63) is 124 Å². The molecule has 0 saturated carbocycles. The standard InChI is InChI=1S/C38H43N5O3/c1-28-35(29(2)46-39-28)17-18-37(44)43(26-31-13-15-34(16-14-31)41-23-21-40(3)22-24-41)36(25-30-9-5-4-6-10-30)38(45)42-20-19-32-11-7-8-12-33(32)27-42/h4-18,36H,19-27H2,1-3H3/b18-17+/t36-/m0/s1. The summed E-state index contributed by atoms with van der Waals surface area (Å²) in [6.45, 7) is 9.20. The first-order valence-corrected chi connectivity index (χ1v) is 16.2. The first-order valence-electron chi connectivity index (χ1n) is 16.2. The van der Waals surface area contributed by atoms with Crippen LogP contribution in [-0.2, 0) is 35.5 Å². The predicted molar refractivity (Wildman–Crippen MR) is 181 cm³/mol. The molecule has 8 nitrogen and oxygen atoms in total. The Morgan fingerprint density at radius 2 is 1.57 bits per heavy atom. The summed E-state index contributed by atoms with van der Waals surface area (Å²) in [5, 5.41) is 4.04. The second-order valence-corrected chi connectivity index (χ2v) is 12.5. The Morgan fingerprint density at radius 1 is 0.870 bits per heavy atom. The highest BCUT2D eigenvalue weighted by Crippen LogP contribution is 2.25. The number of carbonyl (C=O) groups is 2. The molecule has 1 atom stereocenters. The number of anilines is 1. The van der Waals surface area contributed by atoms with Crippen molar-refractivity contribution in [2.24, 2.45) is 0 Å². The van der Waals surface area contributed by atoms with Crippen LogP contribution in [0.2, 0.25) is 0 Å². The Hall–Kier alpha value is -4.69. The quantitative estimate of drug-likeness (QED) is 0.238. The molecule has 0 bridgehead atoms. The lowest BCUT2D eigenvalue weighted by Gasteiger charge is -2.37. The molecule has 238 valence electrons. The number of carbonyl (C=O) groups excluding carboxylic acids is 2. The lowest BCUT2D eigenvalue weighted by molar-refractivity contribution is -0.144. The Balaban J connectivity index is 1.32. The largest absolute Gasteiger partial charge is 0.369 e. The van der Waals surface area contributed by atoms with Gasteiger partial charge in [-0.25, -0.2) is 0 Å². The van der Waals surface area contributed by atoms with Crippen LogP contribution in [0.5, 0.6) is 0 Å². The molecule has 46 heavy (non-hydrogen) atoms. The highest BCUT2D eigenvalue weighted by atomic mass is 16.5. The zero-order valence-corrected chi connectivity index (χ0v) is 27.1. The molecule has 1 aromatic heterocycles. The molecule has 3 aromatic carbocycles. The molecule has 0 aliphatic carbocycles. The first kappa shape index (κ1) is 31.3. The fourth-order valence-electron chi connectivity index (χ4n) is 6.46. The van der Waals surface area contributed by atoms with E-state index in [0.29, 0.717) is 31.8 Å². The number of likely N-dealkylation sites (N-methyl/N-ethyl adjacent to an activating group) is 1. The van der Waals surface area contributed by atoms with E-state index in [1.54, 1.807) is 17.1 Å². The summed E-state index contributed by atoms with van der Waals surface area (Å²) in [4.78, 5) is 37.2. The van der Waals surface area contributed by atoms with Crippen molar-refractivity contribution in [1.29, 1.82) is 0 Å². The molecule has 3 heterocycles. The maximum atomic E-state index is 14.5. The fourth-order valence-corrected chi connectivity index (χ4v) is 6.46. The number of rotatable bonds is 9. The van der Waals surface area contributed by atoms with Crippen LogP contribution in [-0.4, -0.2) is 77.5 Å². The Bertz CT molecular complexity index is 1650. The molecule has 2 aliphatic heterocycles. The van der Waals surface area contributed by atoms with Gasteiger partial charge in [-0.15, -0.1) is 0 Å². The van der Waals surface area contributed by atoms with Crippen molar-refractivity contribution in [3.8, 4) is 0 Å². The van der Waals surface area contributed by atoms with Crippen LogP contribution in [0.4, 0.5) is 5.69 Å². The minimum absolute atomic E-state index is 0.0356. The van der Waals surface area contributed by atoms with Crippen LogP contribution >= 0.6 is 0 Å². The van der Waals surface area contributed by atoms with Crippen LogP contribution in [0, 0.1) is 13.8 Å². The average Bonchev–Trinajstić information content (AvgIpc) is 3.41. The van der Waals surface area contributed by atoms with Gasteiger partial charge in [0.05, 0.1) is 5.69 Å². The third-order valence-electron chi connectivity index (χ3n) is 9.30. The molecule has 1 fully saturated rings. The molecule has 0 unspecified atom stereocenters. The third kappa shape index (κ3) is 7.23. The average molecular weight is 618 g/mol. The first-order chi connectivity index (χ1) is 22.4. The zero-order chi connectivity index (χ0) is 32.0. The monoisotopic (exact) mass is 617 g/mol. The van der Waals surface area contributed by atoms with E-state index in [9.17, 15) is 9.59 Å². The van der Waals surface area contributed by atoms with E-state index in [2.05, 4.69) is 64.5 Å². The molecule has 8 heteroatoms. The van der Waals surface area contributed by atoms with E-state index in [1.807, 2.05) is 55.1 Å². The normalized spacial score (nSPS) is 16.0. The van der Waals surface area contributed by atoms with E-state index in [4.69, 9.17) is 4.52 Å². The van der Waals surface area contributed by atoms with Gasteiger partial charge in [-0.1, -0.05) is 71.9 Å². The zero-order valence-electron chi connectivity index (χ0n) is 27.1. The van der Waals surface area contributed by atoms with Gasteiger partial charge in [0.2, 0.25) is 11.8 Å². The van der Waals surface area contributed by atoms with E-state index in [1.165, 1.54) is 11.3 Å². The minimum Gasteiger partial charge on any atom is -0.369 e. The van der Waals surface area contributed by atoms with Gasteiger partial charge in [0.15, 0.2) is 0 Å². The summed E-state index contributed by atoms with van der Waals surface area (Å²) in [5.41, 5.74) is 7.11.